The third-order valence-corrected chi connectivity index (χ3v) is 5.86. The maximum Gasteiger partial charge on any atom is 0.409 e. The van der Waals surface area contributed by atoms with Crippen molar-refractivity contribution in [2.24, 2.45) is 11.3 Å². The second-order valence-corrected chi connectivity index (χ2v) is 9.63. The fourth-order valence-corrected chi connectivity index (χ4v) is 4.16. The number of nitrogens with one attached hydrogen (secondary N) is 1. The maximum absolute atomic E-state index is 13.2. The lowest BCUT2D eigenvalue weighted by molar-refractivity contribution is -0.140. The van der Waals surface area contributed by atoms with Gasteiger partial charge in [0, 0.05) is 32.1 Å². The van der Waals surface area contributed by atoms with E-state index in [0.717, 1.165) is 12.8 Å². The minimum Gasteiger partial charge on any atom is -0.425 e. The molecule has 9 heteroatoms. The number of ether oxygens (including phenoxy) is 1. The Kier molecular flexibility index (Phi) is 5.45. The van der Waals surface area contributed by atoms with Gasteiger partial charge in [0.15, 0.2) is 17.7 Å². The number of hydrogen-bond donors (Lipinski definition) is 1. The Morgan fingerprint density at radius 2 is 2.03 bits per heavy atom. The molecule has 0 radical (unpaired) electrons. The summed E-state index contributed by atoms with van der Waals surface area (Å²) in [6.07, 6.45) is 2.94. The lowest BCUT2D eigenvalue weighted by atomic mass is 9.92. The minimum absolute atomic E-state index is 0.0600. The van der Waals surface area contributed by atoms with Crippen LogP contribution in [-0.4, -0.2) is 56.3 Å². The van der Waals surface area contributed by atoms with Crippen molar-refractivity contribution < 1.29 is 19.1 Å². The van der Waals surface area contributed by atoms with Gasteiger partial charge in [-0.25, -0.2) is 14.5 Å². The Balaban J connectivity index is 1.44. The molecule has 1 saturated carbocycles. The van der Waals surface area contributed by atoms with Gasteiger partial charge in [-0.2, -0.15) is 5.10 Å². The van der Waals surface area contributed by atoms with E-state index in [0.29, 0.717) is 35.6 Å². The molecule has 2 amide bonds. The highest BCUT2D eigenvalue weighted by atomic mass is 16.6. The van der Waals surface area contributed by atoms with E-state index in [1.54, 1.807) is 23.2 Å². The van der Waals surface area contributed by atoms with Crippen molar-refractivity contribution in [1.82, 2.24) is 25.0 Å². The van der Waals surface area contributed by atoms with E-state index in [2.05, 4.69) is 36.2 Å². The Hall–Kier alpha value is -2.97. The summed E-state index contributed by atoms with van der Waals surface area (Å²) >= 11 is 0. The number of piperidine rings is 1. The topological polar surface area (TPSA) is 106 Å². The predicted octanol–water partition coefficient (Wildman–Crippen LogP) is 2.74. The largest absolute Gasteiger partial charge is 0.425 e. The minimum atomic E-state index is -0.576. The number of aromatic nitrogens is 3. The highest BCUT2D eigenvalue weighted by molar-refractivity contribution is 6.04. The van der Waals surface area contributed by atoms with Crippen molar-refractivity contribution in [2.75, 3.05) is 6.54 Å². The smallest absolute Gasteiger partial charge is 0.409 e. The summed E-state index contributed by atoms with van der Waals surface area (Å²) < 4.78 is 7.05. The highest BCUT2D eigenvalue weighted by Gasteiger charge is 2.55. The fraction of sp³-hybridized carbons (Fsp3) is 0.591. The number of fused-ring (bicyclic) bond motifs is 2. The van der Waals surface area contributed by atoms with Gasteiger partial charge in [0.1, 0.15) is 12.2 Å². The molecule has 1 N–H and O–H groups in total. The van der Waals surface area contributed by atoms with Crippen LogP contribution in [0.2, 0.25) is 0 Å². The maximum atomic E-state index is 13.2. The van der Waals surface area contributed by atoms with Crippen LogP contribution in [0.15, 0.2) is 18.3 Å². The van der Waals surface area contributed by atoms with Crippen molar-refractivity contribution in [2.45, 2.75) is 65.8 Å². The molecule has 0 unspecified atom stereocenters. The van der Waals surface area contributed by atoms with Crippen molar-refractivity contribution >= 4 is 28.8 Å². The van der Waals surface area contributed by atoms with Gasteiger partial charge in [-0.15, -0.1) is 0 Å². The predicted molar refractivity (Wildman–Crippen MR) is 113 cm³/mol. The first kappa shape index (κ1) is 21.3. The van der Waals surface area contributed by atoms with Crippen LogP contribution in [0.4, 0.5) is 4.79 Å². The molecule has 2 aliphatic rings. The third kappa shape index (κ3) is 4.55. The number of Topliss-reactive ketones (excluding diaryl/α,β-unsaturated/α-hetero) is 1. The molecule has 1 aliphatic heterocycles. The molecule has 0 aromatic carbocycles. The molecule has 0 bridgehead atoms. The van der Waals surface area contributed by atoms with Gasteiger partial charge in [-0.1, -0.05) is 20.8 Å². The number of rotatable bonds is 6. The van der Waals surface area contributed by atoms with Crippen molar-refractivity contribution in [3.8, 4) is 0 Å². The monoisotopic (exact) mass is 427 g/mol. The van der Waals surface area contributed by atoms with Gasteiger partial charge in [0.2, 0.25) is 5.91 Å². The summed E-state index contributed by atoms with van der Waals surface area (Å²) in [4.78, 5) is 43.3. The Morgan fingerprint density at radius 1 is 1.26 bits per heavy atom. The van der Waals surface area contributed by atoms with Gasteiger partial charge < -0.3 is 15.0 Å². The van der Waals surface area contributed by atoms with Crippen molar-refractivity contribution in [1.29, 1.82) is 0 Å². The average Bonchev–Trinajstić information content (AvgIpc) is 3.18. The summed E-state index contributed by atoms with van der Waals surface area (Å²) in [5.41, 5.74) is 0.904. The Bertz CT molecular complexity index is 1020. The Labute approximate surface area is 181 Å². The molecule has 4 rings (SSSR count). The highest BCUT2D eigenvalue weighted by Crippen LogP contribution is 2.48. The zero-order valence-corrected chi connectivity index (χ0v) is 18.4. The van der Waals surface area contributed by atoms with E-state index in [1.807, 2.05) is 0 Å². The normalized spacial score (nSPS) is 22.3. The number of hydrogen-bond acceptors (Lipinski definition) is 6. The molecule has 1 saturated heterocycles. The molecule has 1 aliphatic carbocycles. The first-order valence-corrected chi connectivity index (χ1v) is 10.7. The number of likely N-dealkylation sites (tertiary alicyclic amines) is 1. The van der Waals surface area contributed by atoms with Crippen LogP contribution in [-0.2, 0) is 16.1 Å². The molecule has 2 fully saturated rings. The fourth-order valence-electron chi connectivity index (χ4n) is 4.16. The number of carbonyl (C=O) groups excluding carboxylic acids is 3. The van der Waals surface area contributed by atoms with E-state index in [-0.39, 0.29) is 29.7 Å². The van der Waals surface area contributed by atoms with Crippen LogP contribution < -0.4 is 5.32 Å². The zero-order valence-electron chi connectivity index (χ0n) is 18.4. The Morgan fingerprint density at radius 3 is 2.74 bits per heavy atom. The van der Waals surface area contributed by atoms with Crippen LogP contribution >= 0.6 is 0 Å². The molecule has 9 nitrogen and oxygen atoms in total. The van der Waals surface area contributed by atoms with Gasteiger partial charge in [-0.05, 0) is 36.3 Å². The van der Waals surface area contributed by atoms with Gasteiger partial charge in [0.05, 0.1) is 5.39 Å². The number of amides is 2. The van der Waals surface area contributed by atoms with Crippen molar-refractivity contribution in [3.63, 3.8) is 0 Å². The van der Waals surface area contributed by atoms with E-state index < -0.39 is 12.3 Å². The number of carbonyl (C=O) groups is 3. The number of nitrogens with zero attached hydrogens (tertiary/aromatic N) is 4. The molecule has 3 heterocycles. The summed E-state index contributed by atoms with van der Waals surface area (Å²) in [6, 6.07) is 3.61. The molecule has 31 heavy (non-hydrogen) atoms. The molecule has 2 aromatic heterocycles. The summed E-state index contributed by atoms with van der Waals surface area (Å²) in [5.74, 6) is 0.00000841. The molecule has 166 valence electrons. The third-order valence-electron chi connectivity index (χ3n) is 5.86. The van der Waals surface area contributed by atoms with E-state index in [9.17, 15) is 14.4 Å². The standard InChI is InChI=1S/C22H29N5O4/c1-13(28)19-15-6-5-8-23-20(15)26(25-19)12-17(29)27-16-10-14(16)11-18(27)31-21(30)24-9-7-22(2,3)4/h5-6,8,14,16,18H,7,9-12H2,1-4H3,(H,24,30)/t14-,16-,18+/m1/s1. The lowest BCUT2D eigenvalue weighted by Crippen LogP contribution is -2.44. The van der Waals surface area contributed by atoms with Gasteiger partial charge >= 0.3 is 6.09 Å². The molecule has 3 atom stereocenters. The SMILES string of the molecule is CC(=O)c1nn(CC(=O)N2[C@@H](OC(=O)NCCC(C)(C)C)C[C@H]3C[C@H]32)c2ncccc12. The van der Waals surface area contributed by atoms with E-state index >= 15 is 0 Å². The van der Waals surface area contributed by atoms with E-state index in [1.165, 1.54) is 11.6 Å². The van der Waals surface area contributed by atoms with Crippen LogP contribution in [0.1, 0.15) is 57.4 Å². The lowest BCUT2D eigenvalue weighted by Gasteiger charge is -2.27. The van der Waals surface area contributed by atoms with Crippen LogP contribution in [0, 0.1) is 11.3 Å². The summed E-state index contributed by atoms with van der Waals surface area (Å²) in [5, 5.41) is 7.73. The molecule has 0 spiro atoms. The molecular formula is C22H29N5O4. The number of ketones is 1. The second-order valence-electron chi connectivity index (χ2n) is 9.63. The molecule has 2 aromatic rings. The number of alkyl carbamates (subject to hydrolysis) is 1. The van der Waals surface area contributed by atoms with Gasteiger partial charge in [-0.3, -0.25) is 9.59 Å². The van der Waals surface area contributed by atoms with E-state index in [4.69, 9.17) is 4.74 Å². The first-order valence-electron chi connectivity index (χ1n) is 10.7. The number of pyridine rings is 1. The summed E-state index contributed by atoms with van der Waals surface area (Å²) in [7, 11) is 0. The quantitative estimate of drug-likeness (QED) is 0.711. The molecular weight excluding hydrogens is 398 g/mol. The van der Waals surface area contributed by atoms with Crippen LogP contribution in [0.25, 0.3) is 11.0 Å². The average molecular weight is 428 g/mol. The summed E-state index contributed by atoms with van der Waals surface area (Å²) in [6.45, 7) is 8.23. The first-order chi connectivity index (χ1) is 14.6. The van der Waals surface area contributed by atoms with Crippen LogP contribution in [0.3, 0.4) is 0 Å². The zero-order chi connectivity index (χ0) is 22.3. The second kappa shape index (κ2) is 7.94. The van der Waals surface area contributed by atoms with Crippen molar-refractivity contribution in [3.05, 3.63) is 24.0 Å². The van der Waals surface area contributed by atoms with Gasteiger partial charge in [0.25, 0.3) is 0 Å². The van der Waals surface area contributed by atoms with Crippen LogP contribution in [0.5, 0.6) is 0 Å².